The number of carbonyl (C=O) groups is 2. The lowest BCUT2D eigenvalue weighted by molar-refractivity contribution is -0.137. The van der Waals surface area contributed by atoms with Gasteiger partial charge in [-0.25, -0.2) is 13.2 Å². The predicted octanol–water partition coefficient (Wildman–Crippen LogP) is 3.33. The van der Waals surface area contributed by atoms with Crippen molar-refractivity contribution in [1.29, 1.82) is 0 Å². The van der Waals surface area contributed by atoms with Crippen molar-refractivity contribution < 1.29 is 36.3 Å². The number of benzene rings is 2. The van der Waals surface area contributed by atoms with Crippen LogP contribution >= 0.6 is 0 Å². The largest absolute Gasteiger partial charge is 0.465 e. The third kappa shape index (κ3) is 4.79. The molecule has 198 valence electrons. The Hall–Kier alpha value is -3.12. The summed E-state index contributed by atoms with van der Waals surface area (Å²) in [5.41, 5.74) is 0.722. The van der Waals surface area contributed by atoms with Crippen LogP contribution in [0.5, 0.6) is 0 Å². The number of sulfonamides is 1. The van der Waals surface area contributed by atoms with Crippen LogP contribution in [0.2, 0.25) is 0 Å². The van der Waals surface area contributed by atoms with Gasteiger partial charge < -0.3 is 10.4 Å². The molecule has 1 saturated carbocycles. The number of carbonyl (C=O) groups excluding carboxylic acids is 1. The fourth-order valence-corrected chi connectivity index (χ4v) is 7.40. The molecule has 0 aromatic heterocycles. The maximum absolute atomic E-state index is 13.2. The molecule has 2 amide bonds. The third-order valence-corrected chi connectivity index (χ3v) is 9.57. The van der Waals surface area contributed by atoms with E-state index in [9.17, 15) is 36.3 Å². The first-order chi connectivity index (χ1) is 17.4. The van der Waals surface area contributed by atoms with E-state index < -0.39 is 44.7 Å². The molecule has 2 aliphatic heterocycles. The Kier molecular flexibility index (Phi) is 6.43. The molecule has 0 spiro atoms. The molecule has 2 aromatic rings. The molecule has 1 saturated heterocycles. The lowest BCUT2D eigenvalue weighted by atomic mass is 9.93. The van der Waals surface area contributed by atoms with E-state index in [1.54, 1.807) is 0 Å². The standard InChI is InChI=1S/C25H26F3N3O5S/c26-25(27,28)18-6-3-7-19(11-18)37(35,36)30-12-17-8-9-21(20(17)14-30)29-23(32)22-10-15-4-1-2-5-16(15)13-31(22)24(33)34/h1-7,11,17,20-22H,8-10,12-14H2,(H,29,32)(H,33,34)/t17-,20+,21+,22+/m1/s1. The zero-order valence-electron chi connectivity index (χ0n) is 19.7. The van der Waals surface area contributed by atoms with Gasteiger partial charge in [0, 0.05) is 25.6 Å². The Balaban J connectivity index is 1.30. The van der Waals surface area contributed by atoms with E-state index in [1.165, 1.54) is 4.31 Å². The Morgan fingerprint density at radius 1 is 1.00 bits per heavy atom. The Morgan fingerprint density at radius 2 is 1.73 bits per heavy atom. The maximum atomic E-state index is 13.2. The van der Waals surface area contributed by atoms with E-state index in [-0.39, 0.29) is 43.9 Å². The molecule has 3 aliphatic rings. The summed E-state index contributed by atoms with van der Waals surface area (Å²) in [6, 6.07) is 9.79. The number of hydrogen-bond donors (Lipinski definition) is 2. The minimum Gasteiger partial charge on any atom is -0.465 e. The van der Waals surface area contributed by atoms with Crippen molar-refractivity contribution in [2.24, 2.45) is 11.8 Å². The summed E-state index contributed by atoms with van der Waals surface area (Å²) in [5, 5.41) is 12.7. The second kappa shape index (κ2) is 9.32. The Bertz CT molecular complexity index is 1330. The van der Waals surface area contributed by atoms with Crippen molar-refractivity contribution in [2.75, 3.05) is 13.1 Å². The van der Waals surface area contributed by atoms with Crippen molar-refractivity contribution in [3.63, 3.8) is 0 Å². The average molecular weight is 538 g/mol. The van der Waals surface area contributed by atoms with Crippen molar-refractivity contribution in [1.82, 2.24) is 14.5 Å². The third-order valence-electron chi connectivity index (χ3n) is 7.75. The van der Waals surface area contributed by atoms with Gasteiger partial charge in [0.1, 0.15) is 6.04 Å². The van der Waals surface area contributed by atoms with Crippen LogP contribution in [0.3, 0.4) is 0 Å². The first kappa shape index (κ1) is 25.5. The highest BCUT2D eigenvalue weighted by atomic mass is 32.2. The maximum Gasteiger partial charge on any atom is 0.416 e. The Morgan fingerprint density at radius 3 is 2.43 bits per heavy atom. The van der Waals surface area contributed by atoms with E-state index >= 15 is 0 Å². The first-order valence-electron chi connectivity index (χ1n) is 12.0. The zero-order chi connectivity index (χ0) is 26.5. The van der Waals surface area contributed by atoms with Crippen LogP contribution in [0.15, 0.2) is 53.4 Å². The molecule has 5 rings (SSSR count). The van der Waals surface area contributed by atoms with Crippen molar-refractivity contribution in [3.8, 4) is 0 Å². The first-order valence-corrected chi connectivity index (χ1v) is 13.4. The van der Waals surface area contributed by atoms with Crippen LogP contribution < -0.4 is 5.32 Å². The van der Waals surface area contributed by atoms with Crippen molar-refractivity contribution in [3.05, 3.63) is 65.2 Å². The molecule has 37 heavy (non-hydrogen) atoms. The summed E-state index contributed by atoms with van der Waals surface area (Å²) in [7, 11) is -4.15. The molecule has 0 bridgehead atoms. The summed E-state index contributed by atoms with van der Waals surface area (Å²) < 4.78 is 66.9. The molecular weight excluding hydrogens is 511 g/mol. The Labute approximate surface area is 212 Å². The normalized spacial score (nSPS) is 26.0. The topological polar surface area (TPSA) is 107 Å². The number of hydrogen-bond acceptors (Lipinski definition) is 4. The fourth-order valence-electron chi connectivity index (χ4n) is 5.82. The molecule has 0 radical (unpaired) electrons. The molecule has 2 fully saturated rings. The smallest absolute Gasteiger partial charge is 0.416 e. The van der Waals surface area contributed by atoms with E-state index in [1.807, 2.05) is 24.3 Å². The van der Waals surface area contributed by atoms with Crippen LogP contribution in [0, 0.1) is 11.8 Å². The molecule has 2 aromatic carbocycles. The monoisotopic (exact) mass is 537 g/mol. The number of fused-ring (bicyclic) bond motifs is 2. The molecule has 8 nitrogen and oxygen atoms in total. The van der Waals surface area contributed by atoms with Crippen molar-refractivity contribution >= 4 is 22.0 Å². The molecule has 12 heteroatoms. The fraction of sp³-hybridized carbons (Fsp3) is 0.440. The summed E-state index contributed by atoms with van der Waals surface area (Å²) >= 11 is 0. The van der Waals surface area contributed by atoms with Gasteiger partial charge in [-0.2, -0.15) is 17.5 Å². The number of amides is 2. The van der Waals surface area contributed by atoms with Gasteiger partial charge in [0.2, 0.25) is 15.9 Å². The molecule has 2 heterocycles. The SMILES string of the molecule is O=C(N[C@H]1CC[C@@H]2CN(S(=O)(=O)c3cccc(C(F)(F)F)c3)C[C@@H]21)[C@@H]1Cc2ccccc2CN1C(=O)O. The summed E-state index contributed by atoms with van der Waals surface area (Å²) in [6.07, 6.45) is -4.34. The summed E-state index contributed by atoms with van der Waals surface area (Å²) in [5.74, 6) is -0.686. The van der Waals surface area contributed by atoms with Gasteiger partial charge in [-0.3, -0.25) is 9.69 Å². The molecule has 0 unspecified atom stereocenters. The molecule has 1 aliphatic carbocycles. The van der Waals surface area contributed by atoms with E-state index in [4.69, 9.17) is 0 Å². The van der Waals surface area contributed by atoms with Gasteiger partial charge in [-0.1, -0.05) is 30.3 Å². The van der Waals surface area contributed by atoms with Gasteiger partial charge in [0.05, 0.1) is 17.0 Å². The van der Waals surface area contributed by atoms with Crippen LogP contribution in [-0.4, -0.2) is 59.9 Å². The highest BCUT2D eigenvalue weighted by Gasteiger charge is 2.48. The number of nitrogens with zero attached hydrogens (tertiary/aromatic N) is 2. The van der Waals surface area contributed by atoms with Gasteiger partial charge in [-0.15, -0.1) is 0 Å². The van der Waals surface area contributed by atoms with Crippen LogP contribution in [0.1, 0.15) is 29.5 Å². The van der Waals surface area contributed by atoms with E-state index in [0.717, 1.165) is 34.2 Å². The molecule has 4 atom stereocenters. The molecular formula is C25H26F3N3O5S. The average Bonchev–Trinajstić information content (AvgIpc) is 3.45. The number of rotatable bonds is 4. The quantitative estimate of drug-likeness (QED) is 0.623. The highest BCUT2D eigenvalue weighted by molar-refractivity contribution is 7.89. The van der Waals surface area contributed by atoms with Gasteiger partial charge >= 0.3 is 12.3 Å². The number of alkyl halides is 3. The zero-order valence-corrected chi connectivity index (χ0v) is 20.5. The van der Waals surface area contributed by atoms with Crippen LogP contribution in [-0.2, 0) is 34.0 Å². The van der Waals surface area contributed by atoms with E-state index in [0.29, 0.717) is 18.9 Å². The van der Waals surface area contributed by atoms with E-state index in [2.05, 4.69) is 5.32 Å². The minimum absolute atomic E-state index is 0.0477. The van der Waals surface area contributed by atoms with Gasteiger partial charge in [0.15, 0.2) is 0 Å². The summed E-state index contributed by atoms with van der Waals surface area (Å²) in [6.45, 7) is 0.335. The number of halogens is 3. The summed E-state index contributed by atoms with van der Waals surface area (Å²) in [4.78, 5) is 25.8. The predicted molar refractivity (Wildman–Crippen MR) is 126 cm³/mol. The van der Waals surface area contributed by atoms with Gasteiger partial charge in [0.25, 0.3) is 0 Å². The second-order valence-corrected chi connectivity index (χ2v) is 11.8. The lowest BCUT2D eigenvalue weighted by Crippen LogP contribution is -2.54. The van der Waals surface area contributed by atoms with Crippen LogP contribution in [0.25, 0.3) is 0 Å². The molecule has 2 N–H and O–H groups in total. The number of carboxylic acid groups (broad SMARTS) is 1. The van der Waals surface area contributed by atoms with Crippen molar-refractivity contribution in [2.45, 2.75) is 49.0 Å². The number of nitrogens with one attached hydrogen (secondary N) is 1. The van der Waals surface area contributed by atoms with Crippen LogP contribution in [0.4, 0.5) is 18.0 Å². The van der Waals surface area contributed by atoms with Gasteiger partial charge in [-0.05, 0) is 54.0 Å². The lowest BCUT2D eigenvalue weighted by Gasteiger charge is -2.35. The minimum atomic E-state index is -4.66. The second-order valence-electron chi connectivity index (χ2n) is 9.86. The highest BCUT2D eigenvalue weighted by Crippen LogP contribution is 2.41.